The van der Waals surface area contributed by atoms with Gasteiger partial charge < -0.3 is 20.3 Å². The van der Waals surface area contributed by atoms with Crippen molar-refractivity contribution in [1.82, 2.24) is 10.2 Å². The molecule has 0 aliphatic carbocycles. The molecule has 1 atom stereocenters. The molecule has 1 amide bonds. The Balaban J connectivity index is 1.75. The highest BCUT2D eigenvalue weighted by molar-refractivity contribution is 5.76. The Labute approximate surface area is 167 Å². The molecule has 3 aromatic rings. The van der Waals surface area contributed by atoms with Crippen molar-refractivity contribution in [3.05, 3.63) is 80.8 Å². The van der Waals surface area contributed by atoms with Gasteiger partial charge in [-0.15, -0.1) is 0 Å². The molecular formula is C22H23N3O4. The van der Waals surface area contributed by atoms with Crippen LogP contribution in [0.15, 0.2) is 47.3 Å². The van der Waals surface area contributed by atoms with Crippen LogP contribution in [-0.2, 0) is 17.6 Å². The number of aromatic nitrogens is 2. The summed E-state index contributed by atoms with van der Waals surface area (Å²) in [4.78, 5) is 24.5. The third-order valence-electron chi connectivity index (χ3n) is 5.30. The van der Waals surface area contributed by atoms with Crippen molar-refractivity contribution < 1.29 is 14.3 Å². The van der Waals surface area contributed by atoms with Crippen molar-refractivity contribution in [2.24, 2.45) is 5.73 Å². The number of aromatic amines is 2. The van der Waals surface area contributed by atoms with E-state index in [1.54, 1.807) is 7.11 Å². The first-order valence-corrected chi connectivity index (χ1v) is 9.52. The van der Waals surface area contributed by atoms with Gasteiger partial charge in [-0.05, 0) is 23.3 Å². The summed E-state index contributed by atoms with van der Waals surface area (Å²) in [6, 6.07) is 13.4. The van der Waals surface area contributed by atoms with Crippen molar-refractivity contribution in [3.8, 4) is 11.5 Å². The first kappa shape index (κ1) is 18.9. The second-order valence-corrected chi connectivity index (χ2v) is 7.15. The standard InChI is InChI=1S/C22H23N3O4/c1-28-19-5-3-2-4-15(19)16(12-20(23)26)21-17(24-25-22(21)27)11-13-6-7-18-14(10-13)8-9-29-18/h2-7,10,16H,8-9,11-12H2,1H3,(H2,23,26)(H2,24,25,27)/t16-/m1/s1. The van der Waals surface area contributed by atoms with Gasteiger partial charge in [-0.3, -0.25) is 14.7 Å². The highest BCUT2D eigenvalue weighted by Gasteiger charge is 2.27. The molecule has 4 N–H and O–H groups in total. The van der Waals surface area contributed by atoms with E-state index in [2.05, 4.69) is 16.3 Å². The fraction of sp³-hybridized carbons (Fsp3) is 0.273. The summed E-state index contributed by atoms with van der Waals surface area (Å²) in [6.07, 6.45) is 1.41. The van der Waals surface area contributed by atoms with Crippen molar-refractivity contribution in [1.29, 1.82) is 0 Å². The van der Waals surface area contributed by atoms with E-state index >= 15 is 0 Å². The molecule has 1 aliphatic heterocycles. The van der Waals surface area contributed by atoms with Crippen molar-refractivity contribution in [3.63, 3.8) is 0 Å². The van der Waals surface area contributed by atoms with Crippen molar-refractivity contribution in [2.75, 3.05) is 13.7 Å². The maximum Gasteiger partial charge on any atom is 0.267 e. The zero-order valence-corrected chi connectivity index (χ0v) is 16.2. The van der Waals surface area contributed by atoms with Crippen LogP contribution in [-0.4, -0.2) is 29.8 Å². The molecule has 1 aliphatic rings. The largest absolute Gasteiger partial charge is 0.496 e. The lowest BCUT2D eigenvalue weighted by Gasteiger charge is -2.18. The maximum absolute atomic E-state index is 12.7. The van der Waals surface area contributed by atoms with Crippen LogP contribution in [0.25, 0.3) is 0 Å². The molecule has 0 saturated heterocycles. The number of para-hydroxylation sites is 1. The van der Waals surface area contributed by atoms with E-state index in [0.29, 0.717) is 24.3 Å². The summed E-state index contributed by atoms with van der Waals surface area (Å²) in [5, 5.41) is 5.66. The minimum Gasteiger partial charge on any atom is -0.496 e. The number of amides is 1. The Morgan fingerprint density at radius 1 is 1.24 bits per heavy atom. The van der Waals surface area contributed by atoms with Gasteiger partial charge in [-0.2, -0.15) is 0 Å². The lowest BCUT2D eigenvalue weighted by molar-refractivity contribution is -0.118. The van der Waals surface area contributed by atoms with Crippen LogP contribution < -0.4 is 20.8 Å². The third-order valence-corrected chi connectivity index (χ3v) is 5.30. The topological polar surface area (TPSA) is 110 Å². The highest BCUT2D eigenvalue weighted by Crippen LogP contribution is 2.35. The van der Waals surface area contributed by atoms with E-state index in [0.717, 1.165) is 29.0 Å². The first-order chi connectivity index (χ1) is 14.1. The number of ether oxygens (including phenoxy) is 2. The SMILES string of the molecule is COc1ccccc1[C@@H](CC(N)=O)c1c(Cc2ccc3c(c2)CCO3)[nH][nH]c1=O. The number of nitrogens with two attached hydrogens (primary N) is 1. The number of rotatable bonds is 7. The van der Waals surface area contributed by atoms with Gasteiger partial charge in [0.25, 0.3) is 5.56 Å². The Morgan fingerprint density at radius 3 is 2.86 bits per heavy atom. The average molecular weight is 393 g/mol. The van der Waals surface area contributed by atoms with Gasteiger partial charge >= 0.3 is 0 Å². The predicted octanol–water partition coefficient (Wildman–Crippen LogP) is 2.24. The van der Waals surface area contributed by atoms with E-state index in [-0.39, 0.29) is 12.0 Å². The minimum absolute atomic E-state index is 0.00628. The molecular weight excluding hydrogens is 370 g/mol. The summed E-state index contributed by atoms with van der Waals surface area (Å²) >= 11 is 0. The molecule has 0 spiro atoms. The number of hydrogen-bond acceptors (Lipinski definition) is 4. The number of benzene rings is 2. The molecule has 2 aromatic carbocycles. The maximum atomic E-state index is 12.7. The fourth-order valence-corrected chi connectivity index (χ4v) is 3.99. The summed E-state index contributed by atoms with van der Waals surface area (Å²) < 4.78 is 11.0. The number of nitrogens with one attached hydrogen (secondary N) is 2. The highest BCUT2D eigenvalue weighted by atomic mass is 16.5. The smallest absolute Gasteiger partial charge is 0.267 e. The summed E-state index contributed by atoms with van der Waals surface area (Å²) in [5.41, 5.74) is 9.47. The van der Waals surface area contributed by atoms with Gasteiger partial charge in [0, 0.05) is 42.0 Å². The van der Waals surface area contributed by atoms with Crippen LogP contribution in [0.3, 0.4) is 0 Å². The molecule has 1 aromatic heterocycles. The molecule has 2 heterocycles. The third kappa shape index (κ3) is 3.76. The molecule has 4 rings (SSSR count). The van der Waals surface area contributed by atoms with Gasteiger partial charge in [0.2, 0.25) is 5.91 Å². The van der Waals surface area contributed by atoms with E-state index < -0.39 is 11.8 Å². The first-order valence-electron chi connectivity index (χ1n) is 9.52. The number of carbonyl (C=O) groups excluding carboxylic acids is 1. The Kier molecular flexibility index (Phi) is 5.12. The number of hydrogen-bond donors (Lipinski definition) is 3. The minimum atomic E-state index is -0.508. The second-order valence-electron chi connectivity index (χ2n) is 7.15. The van der Waals surface area contributed by atoms with Gasteiger partial charge in [-0.25, -0.2) is 0 Å². The summed E-state index contributed by atoms with van der Waals surface area (Å²) in [5.74, 6) is 0.533. The van der Waals surface area contributed by atoms with E-state index in [1.807, 2.05) is 36.4 Å². The average Bonchev–Trinajstić information content (AvgIpc) is 3.32. The molecule has 7 nitrogen and oxygen atoms in total. The summed E-state index contributed by atoms with van der Waals surface area (Å²) in [6.45, 7) is 0.694. The zero-order chi connectivity index (χ0) is 20.4. The Morgan fingerprint density at radius 2 is 2.07 bits per heavy atom. The van der Waals surface area contributed by atoms with Crippen LogP contribution in [0, 0.1) is 0 Å². The van der Waals surface area contributed by atoms with Gasteiger partial charge in [0.15, 0.2) is 0 Å². The Bertz CT molecular complexity index is 1100. The van der Waals surface area contributed by atoms with Crippen molar-refractivity contribution >= 4 is 5.91 Å². The van der Waals surface area contributed by atoms with Gasteiger partial charge in [-0.1, -0.05) is 30.3 Å². The van der Waals surface area contributed by atoms with E-state index in [1.165, 1.54) is 5.56 Å². The zero-order valence-electron chi connectivity index (χ0n) is 16.2. The van der Waals surface area contributed by atoms with Crippen LogP contribution in [0.4, 0.5) is 0 Å². The fourth-order valence-electron chi connectivity index (χ4n) is 3.99. The molecule has 0 unspecified atom stereocenters. The molecule has 0 saturated carbocycles. The van der Waals surface area contributed by atoms with Gasteiger partial charge in [0.1, 0.15) is 11.5 Å². The number of primary amides is 1. The monoisotopic (exact) mass is 393 g/mol. The molecule has 0 radical (unpaired) electrons. The summed E-state index contributed by atoms with van der Waals surface area (Å²) in [7, 11) is 1.56. The Hall–Kier alpha value is -3.48. The predicted molar refractivity (Wildman–Crippen MR) is 109 cm³/mol. The quantitative estimate of drug-likeness (QED) is 0.572. The van der Waals surface area contributed by atoms with Crippen molar-refractivity contribution in [2.45, 2.75) is 25.2 Å². The van der Waals surface area contributed by atoms with Crippen LogP contribution >= 0.6 is 0 Å². The van der Waals surface area contributed by atoms with E-state index in [9.17, 15) is 9.59 Å². The van der Waals surface area contributed by atoms with Crippen LogP contribution in [0.5, 0.6) is 11.5 Å². The molecule has 0 fully saturated rings. The molecule has 29 heavy (non-hydrogen) atoms. The lowest BCUT2D eigenvalue weighted by Crippen LogP contribution is -2.21. The second kappa shape index (κ2) is 7.87. The van der Waals surface area contributed by atoms with Crippen LogP contribution in [0.2, 0.25) is 0 Å². The number of methoxy groups -OCH3 is 1. The number of fused-ring (bicyclic) bond motifs is 1. The van der Waals surface area contributed by atoms with Crippen LogP contribution in [0.1, 0.15) is 40.3 Å². The normalized spacial score (nSPS) is 13.6. The van der Waals surface area contributed by atoms with E-state index in [4.69, 9.17) is 15.2 Å². The number of H-pyrrole nitrogens is 2. The number of carbonyl (C=O) groups is 1. The lowest BCUT2D eigenvalue weighted by atomic mass is 9.86. The molecule has 0 bridgehead atoms. The molecule has 150 valence electrons. The van der Waals surface area contributed by atoms with Gasteiger partial charge in [0.05, 0.1) is 13.7 Å². The molecule has 7 heteroatoms.